The van der Waals surface area contributed by atoms with E-state index in [0.29, 0.717) is 0 Å². The number of benzene rings is 1. The van der Waals surface area contributed by atoms with Crippen molar-refractivity contribution >= 4 is 12.4 Å². The monoisotopic (exact) mass is 185 g/mol. The second-order valence-corrected chi connectivity index (χ2v) is 2.43. The summed E-state index contributed by atoms with van der Waals surface area (Å²) in [7, 11) is 0. The molecule has 1 aromatic rings. The standard InChI is InChI=1S/C8H5F2NO2/c1-11-5-3-2-4-6-7(5)13-8(9,10)12-6/h2-4H,1H2. The van der Waals surface area contributed by atoms with Gasteiger partial charge >= 0.3 is 6.29 Å². The Morgan fingerprint density at radius 3 is 2.77 bits per heavy atom. The largest absolute Gasteiger partial charge is 0.586 e. The Hall–Kier alpha value is -1.65. The molecule has 0 amide bonds. The third-order valence-electron chi connectivity index (χ3n) is 1.58. The minimum Gasteiger partial charge on any atom is -0.395 e. The predicted molar refractivity (Wildman–Crippen MR) is 41.9 cm³/mol. The van der Waals surface area contributed by atoms with Gasteiger partial charge in [-0.2, -0.15) is 0 Å². The van der Waals surface area contributed by atoms with Crippen molar-refractivity contribution in [2.75, 3.05) is 0 Å². The van der Waals surface area contributed by atoms with Crippen LogP contribution in [-0.4, -0.2) is 13.0 Å². The first kappa shape index (κ1) is 7.97. The quantitative estimate of drug-likeness (QED) is 0.628. The minimum absolute atomic E-state index is 0.0186. The van der Waals surface area contributed by atoms with Crippen molar-refractivity contribution in [3.63, 3.8) is 0 Å². The first-order valence-electron chi connectivity index (χ1n) is 3.48. The van der Waals surface area contributed by atoms with Gasteiger partial charge in [0.25, 0.3) is 0 Å². The summed E-state index contributed by atoms with van der Waals surface area (Å²) >= 11 is 0. The van der Waals surface area contributed by atoms with E-state index in [1.54, 1.807) is 0 Å². The first-order valence-corrected chi connectivity index (χ1v) is 3.48. The van der Waals surface area contributed by atoms with Crippen LogP contribution in [0.2, 0.25) is 0 Å². The Labute approximate surface area is 72.6 Å². The zero-order valence-electron chi connectivity index (χ0n) is 6.46. The van der Waals surface area contributed by atoms with E-state index in [0.717, 1.165) is 0 Å². The first-order chi connectivity index (χ1) is 6.12. The number of ether oxygens (including phenoxy) is 2. The van der Waals surface area contributed by atoms with Crippen LogP contribution in [0.15, 0.2) is 23.2 Å². The molecule has 5 heteroatoms. The Morgan fingerprint density at radius 1 is 1.31 bits per heavy atom. The molecule has 0 spiro atoms. The van der Waals surface area contributed by atoms with Gasteiger partial charge in [-0.3, -0.25) is 4.99 Å². The number of alkyl halides is 2. The maximum Gasteiger partial charge on any atom is 0.586 e. The van der Waals surface area contributed by atoms with Crippen LogP contribution in [0.25, 0.3) is 0 Å². The third-order valence-corrected chi connectivity index (χ3v) is 1.58. The normalized spacial score (nSPS) is 17.1. The SMILES string of the molecule is C=Nc1cccc2c1OC(F)(F)O2. The average Bonchev–Trinajstić information content (AvgIpc) is 2.37. The highest BCUT2D eigenvalue weighted by Crippen LogP contribution is 2.46. The van der Waals surface area contributed by atoms with Gasteiger partial charge in [-0.25, -0.2) is 0 Å². The van der Waals surface area contributed by atoms with Gasteiger partial charge in [0.15, 0.2) is 11.5 Å². The number of aliphatic imine (C=N–C) groups is 1. The van der Waals surface area contributed by atoms with Crippen molar-refractivity contribution in [2.24, 2.45) is 4.99 Å². The molecule has 0 N–H and O–H groups in total. The molecule has 2 rings (SSSR count). The lowest BCUT2D eigenvalue weighted by Crippen LogP contribution is -2.25. The van der Waals surface area contributed by atoms with Crippen molar-refractivity contribution in [3.05, 3.63) is 18.2 Å². The molecule has 1 aliphatic rings. The van der Waals surface area contributed by atoms with Crippen molar-refractivity contribution in [1.82, 2.24) is 0 Å². The number of rotatable bonds is 1. The smallest absolute Gasteiger partial charge is 0.395 e. The average molecular weight is 185 g/mol. The summed E-state index contributed by atoms with van der Waals surface area (Å²) < 4.78 is 33.5. The molecule has 0 saturated heterocycles. The number of nitrogens with zero attached hydrogens (tertiary/aromatic N) is 1. The van der Waals surface area contributed by atoms with Crippen molar-refractivity contribution < 1.29 is 18.3 Å². The van der Waals surface area contributed by atoms with Gasteiger partial charge in [-0.1, -0.05) is 6.07 Å². The lowest BCUT2D eigenvalue weighted by atomic mass is 10.3. The molecule has 3 nitrogen and oxygen atoms in total. The van der Waals surface area contributed by atoms with Crippen molar-refractivity contribution in [3.8, 4) is 11.5 Å². The molecule has 0 saturated carbocycles. The number of fused-ring (bicyclic) bond motifs is 1. The van der Waals surface area contributed by atoms with Gasteiger partial charge in [-0.05, 0) is 18.9 Å². The summed E-state index contributed by atoms with van der Waals surface area (Å²) in [6.07, 6.45) is -3.59. The number of hydrogen-bond donors (Lipinski definition) is 0. The van der Waals surface area contributed by atoms with Crippen molar-refractivity contribution in [2.45, 2.75) is 6.29 Å². The predicted octanol–water partition coefficient (Wildman–Crippen LogP) is 2.34. The van der Waals surface area contributed by atoms with Crippen LogP contribution in [0.4, 0.5) is 14.5 Å². The minimum atomic E-state index is -3.59. The molecular formula is C8H5F2NO2. The van der Waals surface area contributed by atoms with Gasteiger partial charge < -0.3 is 9.47 Å². The van der Waals surface area contributed by atoms with E-state index < -0.39 is 6.29 Å². The number of hydrogen-bond acceptors (Lipinski definition) is 3. The number of halogens is 2. The highest BCUT2D eigenvalue weighted by atomic mass is 19.3. The van der Waals surface area contributed by atoms with Gasteiger partial charge in [0.05, 0.1) is 0 Å². The topological polar surface area (TPSA) is 30.8 Å². The van der Waals surface area contributed by atoms with E-state index in [1.807, 2.05) is 0 Å². The highest BCUT2D eigenvalue weighted by Gasteiger charge is 2.44. The molecule has 0 aliphatic carbocycles. The molecule has 0 radical (unpaired) electrons. The zero-order valence-corrected chi connectivity index (χ0v) is 6.46. The molecule has 1 aromatic carbocycles. The van der Waals surface area contributed by atoms with Crippen LogP contribution >= 0.6 is 0 Å². The van der Waals surface area contributed by atoms with E-state index in [1.165, 1.54) is 18.2 Å². The summed E-state index contributed by atoms with van der Waals surface area (Å²) in [5, 5.41) is 0. The van der Waals surface area contributed by atoms with Gasteiger partial charge in [-0.15, -0.1) is 8.78 Å². The van der Waals surface area contributed by atoms with Crippen LogP contribution in [0, 0.1) is 0 Å². The molecule has 0 fully saturated rings. The van der Waals surface area contributed by atoms with Crippen LogP contribution in [0.3, 0.4) is 0 Å². The molecule has 0 atom stereocenters. The lowest BCUT2D eigenvalue weighted by molar-refractivity contribution is -0.286. The van der Waals surface area contributed by atoms with E-state index in [9.17, 15) is 8.78 Å². The fourth-order valence-electron chi connectivity index (χ4n) is 1.08. The van der Waals surface area contributed by atoms with Gasteiger partial charge in [0.1, 0.15) is 5.69 Å². The summed E-state index contributed by atoms with van der Waals surface area (Å²) in [4.78, 5) is 3.52. The zero-order chi connectivity index (χ0) is 9.47. The van der Waals surface area contributed by atoms with E-state index in [2.05, 4.69) is 21.2 Å². The maximum atomic E-state index is 12.5. The van der Waals surface area contributed by atoms with Gasteiger partial charge in [0, 0.05) is 0 Å². The maximum absolute atomic E-state index is 12.5. The van der Waals surface area contributed by atoms with Crippen LogP contribution in [0.1, 0.15) is 0 Å². The Kier molecular flexibility index (Phi) is 1.48. The molecule has 0 bridgehead atoms. The second-order valence-electron chi connectivity index (χ2n) is 2.43. The Balaban J connectivity index is 2.51. The number of para-hydroxylation sites is 1. The summed E-state index contributed by atoms with van der Waals surface area (Å²) in [6.45, 7) is 3.23. The summed E-state index contributed by atoms with van der Waals surface area (Å²) in [6, 6.07) is 4.43. The molecule has 1 heterocycles. The molecule has 1 aliphatic heterocycles. The molecule has 0 unspecified atom stereocenters. The van der Waals surface area contributed by atoms with E-state index in [4.69, 9.17) is 0 Å². The summed E-state index contributed by atoms with van der Waals surface area (Å²) in [5.74, 6) is -0.0857. The molecule has 13 heavy (non-hydrogen) atoms. The summed E-state index contributed by atoms with van der Waals surface area (Å²) in [5.41, 5.74) is 0.245. The highest BCUT2D eigenvalue weighted by molar-refractivity contribution is 5.63. The third kappa shape index (κ3) is 1.22. The second kappa shape index (κ2) is 2.42. The van der Waals surface area contributed by atoms with Crippen LogP contribution in [-0.2, 0) is 0 Å². The molecule has 68 valence electrons. The van der Waals surface area contributed by atoms with E-state index >= 15 is 0 Å². The van der Waals surface area contributed by atoms with Crippen LogP contribution < -0.4 is 9.47 Å². The Morgan fingerprint density at radius 2 is 2.08 bits per heavy atom. The molecule has 0 aromatic heterocycles. The van der Waals surface area contributed by atoms with Gasteiger partial charge in [0.2, 0.25) is 0 Å². The fraction of sp³-hybridized carbons (Fsp3) is 0.125. The fourth-order valence-corrected chi connectivity index (χ4v) is 1.08. The lowest BCUT2D eigenvalue weighted by Gasteiger charge is -2.04. The van der Waals surface area contributed by atoms with E-state index in [-0.39, 0.29) is 17.2 Å². The Bertz CT molecular complexity index is 365. The van der Waals surface area contributed by atoms with Crippen molar-refractivity contribution in [1.29, 1.82) is 0 Å². The van der Waals surface area contributed by atoms with Crippen LogP contribution in [0.5, 0.6) is 11.5 Å². The molecular weight excluding hydrogens is 180 g/mol.